The van der Waals surface area contributed by atoms with Gasteiger partial charge in [0.15, 0.2) is 0 Å². The molecular formula is C20H17ClN2O4S. The monoisotopic (exact) mass is 416 g/mol. The number of aromatic hydroxyl groups is 1. The fourth-order valence-electron chi connectivity index (χ4n) is 2.46. The Bertz CT molecular complexity index is 1110. The maximum Gasteiger partial charge on any atom is 0.261 e. The molecule has 0 radical (unpaired) electrons. The minimum absolute atomic E-state index is 0.0113. The molecule has 8 heteroatoms. The van der Waals surface area contributed by atoms with Gasteiger partial charge in [0.25, 0.3) is 15.9 Å². The number of anilines is 2. The van der Waals surface area contributed by atoms with Crippen molar-refractivity contribution in [3.05, 3.63) is 82.9 Å². The fraction of sp³-hybridized carbons (Fsp3) is 0.0500. The number of rotatable bonds is 5. The van der Waals surface area contributed by atoms with Gasteiger partial charge in [-0.2, -0.15) is 0 Å². The summed E-state index contributed by atoms with van der Waals surface area (Å²) in [6, 6.07) is 16.6. The second-order valence-electron chi connectivity index (χ2n) is 6.11. The van der Waals surface area contributed by atoms with Crippen molar-refractivity contribution in [1.82, 2.24) is 0 Å². The van der Waals surface area contributed by atoms with Crippen LogP contribution in [0.4, 0.5) is 11.4 Å². The number of carbonyl (C=O) groups is 1. The molecule has 3 aromatic carbocycles. The second kappa shape index (κ2) is 7.92. The first kappa shape index (κ1) is 19.7. The number of benzene rings is 3. The number of hydrogen-bond donors (Lipinski definition) is 3. The maximum absolute atomic E-state index is 12.5. The molecule has 1 amide bonds. The van der Waals surface area contributed by atoms with Crippen molar-refractivity contribution >= 4 is 38.9 Å². The molecule has 0 aliphatic carbocycles. The standard InChI is InChI=1S/C20H17ClN2O4S/c1-13-2-11-18(19(24)12-13)22-20(25)14-3-9-17(10-4-14)28(26,27)23-16-7-5-15(21)6-8-16/h2-12,23-24H,1H3,(H,22,25). The highest BCUT2D eigenvalue weighted by Crippen LogP contribution is 2.25. The number of phenols is 1. The van der Waals surface area contributed by atoms with E-state index in [1.165, 1.54) is 30.3 Å². The number of sulfonamides is 1. The molecule has 0 heterocycles. The molecule has 28 heavy (non-hydrogen) atoms. The first-order valence-electron chi connectivity index (χ1n) is 8.24. The van der Waals surface area contributed by atoms with Gasteiger partial charge in [0.1, 0.15) is 5.75 Å². The van der Waals surface area contributed by atoms with E-state index in [-0.39, 0.29) is 21.9 Å². The predicted molar refractivity (Wildman–Crippen MR) is 109 cm³/mol. The van der Waals surface area contributed by atoms with Crippen LogP contribution in [0.1, 0.15) is 15.9 Å². The minimum Gasteiger partial charge on any atom is -0.506 e. The average Bonchev–Trinajstić information content (AvgIpc) is 2.66. The van der Waals surface area contributed by atoms with Crippen LogP contribution in [0, 0.1) is 6.92 Å². The summed E-state index contributed by atoms with van der Waals surface area (Å²) in [5.74, 6) is -0.506. The summed E-state index contributed by atoms with van der Waals surface area (Å²) in [5, 5.41) is 13.0. The van der Waals surface area contributed by atoms with E-state index in [1.54, 1.807) is 36.4 Å². The lowest BCUT2D eigenvalue weighted by Crippen LogP contribution is -2.15. The number of halogens is 1. The van der Waals surface area contributed by atoms with E-state index in [9.17, 15) is 18.3 Å². The van der Waals surface area contributed by atoms with Gasteiger partial charge >= 0.3 is 0 Å². The third-order valence-corrected chi connectivity index (χ3v) is 5.57. The van der Waals surface area contributed by atoms with E-state index in [0.717, 1.165) is 5.56 Å². The Morgan fingerprint density at radius 2 is 1.61 bits per heavy atom. The van der Waals surface area contributed by atoms with Crippen LogP contribution in [0.15, 0.2) is 71.6 Å². The van der Waals surface area contributed by atoms with Crippen molar-refractivity contribution in [3.63, 3.8) is 0 Å². The molecule has 0 aliphatic rings. The first-order chi connectivity index (χ1) is 13.2. The lowest BCUT2D eigenvalue weighted by atomic mass is 10.2. The predicted octanol–water partition coefficient (Wildman–Crippen LogP) is 4.41. The van der Waals surface area contributed by atoms with Gasteiger partial charge in [-0.05, 0) is 73.2 Å². The summed E-state index contributed by atoms with van der Waals surface area (Å²) in [4.78, 5) is 12.3. The molecule has 144 valence electrons. The normalized spacial score (nSPS) is 11.1. The number of phenolic OH excluding ortho intramolecular Hbond substituents is 1. The van der Waals surface area contributed by atoms with E-state index < -0.39 is 15.9 Å². The third kappa shape index (κ3) is 4.62. The number of amides is 1. The summed E-state index contributed by atoms with van der Waals surface area (Å²) in [6.45, 7) is 1.82. The highest BCUT2D eigenvalue weighted by Gasteiger charge is 2.16. The van der Waals surface area contributed by atoms with Gasteiger partial charge in [0, 0.05) is 16.3 Å². The van der Waals surface area contributed by atoms with Gasteiger partial charge in [-0.3, -0.25) is 9.52 Å². The van der Waals surface area contributed by atoms with Crippen LogP contribution in [-0.2, 0) is 10.0 Å². The van der Waals surface area contributed by atoms with Gasteiger partial charge in [0.05, 0.1) is 10.6 Å². The summed E-state index contributed by atoms with van der Waals surface area (Å²) < 4.78 is 27.4. The molecule has 0 bridgehead atoms. The van der Waals surface area contributed by atoms with Crippen molar-refractivity contribution in [2.45, 2.75) is 11.8 Å². The molecule has 3 N–H and O–H groups in total. The summed E-state index contributed by atoms with van der Waals surface area (Å²) in [6.07, 6.45) is 0. The van der Waals surface area contributed by atoms with Crippen LogP contribution >= 0.6 is 11.6 Å². The van der Waals surface area contributed by atoms with Crippen molar-refractivity contribution in [1.29, 1.82) is 0 Å². The SMILES string of the molecule is Cc1ccc(NC(=O)c2ccc(S(=O)(=O)Nc3ccc(Cl)cc3)cc2)c(O)c1. The van der Waals surface area contributed by atoms with E-state index >= 15 is 0 Å². The Balaban J connectivity index is 1.74. The highest BCUT2D eigenvalue weighted by molar-refractivity contribution is 7.92. The smallest absolute Gasteiger partial charge is 0.261 e. The van der Waals surface area contributed by atoms with Crippen LogP contribution in [0.5, 0.6) is 5.75 Å². The molecular weight excluding hydrogens is 400 g/mol. The Labute approximate surface area is 167 Å². The summed E-state index contributed by atoms with van der Waals surface area (Å²) in [5.41, 5.74) is 1.77. The van der Waals surface area contributed by atoms with Crippen LogP contribution in [0.2, 0.25) is 5.02 Å². The zero-order chi connectivity index (χ0) is 20.3. The van der Waals surface area contributed by atoms with Gasteiger partial charge in [0.2, 0.25) is 0 Å². The molecule has 0 unspecified atom stereocenters. The molecule has 0 fully saturated rings. The summed E-state index contributed by atoms with van der Waals surface area (Å²) in [7, 11) is -3.80. The Morgan fingerprint density at radius 3 is 2.21 bits per heavy atom. The van der Waals surface area contributed by atoms with Gasteiger partial charge < -0.3 is 10.4 Å². The molecule has 3 aromatic rings. The van der Waals surface area contributed by atoms with Crippen molar-refractivity contribution < 1.29 is 18.3 Å². The molecule has 0 saturated heterocycles. The molecule has 0 atom stereocenters. The third-order valence-electron chi connectivity index (χ3n) is 3.92. The Kier molecular flexibility index (Phi) is 5.58. The topological polar surface area (TPSA) is 95.5 Å². The molecule has 6 nitrogen and oxygen atoms in total. The van der Waals surface area contributed by atoms with Gasteiger partial charge in [-0.25, -0.2) is 8.42 Å². The van der Waals surface area contributed by atoms with Crippen molar-refractivity contribution in [2.24, 2.45) is 0 Å². The van der Waals surface area contributed by atoms with Crippen molar-refractivity contribution in [3.8, 4) is 5.75 Å². The number of nitrogens with one attached hydrogen (secondary N) is 2. The number of aryl methyl sites for hydroxylation is 1. The van der Waals surface area contributed by atoms with Gasteiger partial charge in [-0.15, -0.1) is 0 Å². The fourth-order valence-corrected chi connectivity index (χ4v) is 3.64. The molecule has 0 aromatic heterocycles. The lowest BCUT2D eigenvalue weighted by molar-refractivity contribution is 0.102. The maximum atomic E-state index is 12.5. The second-order valence-corrected chi connectivity index (χ2v) is 8.23. The van der Waals surface area contributed by atoms with Crippen LogP contribution in [0.3, 0.4) is 0 Å². The zero-order valence-electron chi connectivity index (χ0n) is 14.8. The molecule has 3 rings (SSSR count). The van der Waals surface area contributed by atoms with E-state index in [0.29, 0.717) is 10.7 Å². The van der Waals surface area contributed by atoms with Crippen molar-refractivity contribution in [2.75, 3.05) is 10.0 Å². The highest BCUT2D eigenvalue weighted by atomic mass is 35.5. The summed E-state index contributed by atoms with van der Waals surface area (Å²) >= 11 is 5.79. The molecule has 0 spiro atoms. The van der Waals surface area contributed by atoms with E-state index in [2.05, 4.69) is 10.0 Å². The minimum atomic E-state index is -3.80. The van der Waals surface area contributed by atoms with E-state index in [4.69, 9.17) is 11.6 Å². The number of hydrogen-bond acceptors (Lipinski definition) is 4. The van der Waals surface area contributed by atoms with Gasteiger partial charge in [-0.1, -0.05) is 17.7 Å². The van der Waals surface area contributed by atoms with Crippen LogP contribution < -0.4 is 10.0 Å². The van der Waals surface area contributed by atoms with Crippen LogP contribution in [-0.4, -0.2) is 19.4 Å². The largest absolute Gasteiger partial charge is 0.506 e. The molecule has 0 saturated carbocycles. The Hall–Kier alpha value is -3.03. The average molecular weight is 417 g/mol. The molecule has 0 aliphatic heterocycles. The van der Waals surface area contributed by atoms with Crippen LogP contribution in [0.25, 0.3) is 0 Å². The first-order valence-corrected chi connectivity index (χ1v) is 10.1. The Morgan fingerprint density at radius 1 is 0.964 bits per heavy atom. The van der Waals surface area contributed by atoms with E-state index in [1.807, 2.05) is 6.92 Å². The number of carbonyl (C=O) groups excluding carboxylic acids is 1. The lowest BCUT2D eigenvalue weighted by Gasteiger charge is -2.10. The quantitative estimate of drug-likeness (QED) is 0.537. The zero-order valence-corrected chi connectivity index (χ0v) is 16.4.